The topological polar surface area (TPSA) is 55.4 Å². The van der Waals surface area contributed by atoms with Crippen LogP contribution in [-0.2, 0) is 9.53 Å². The SMILES string of the molecule is CCC[C@@H](NC(=O)c1cc(F)ccc1Br)C(=O)OC. The molecule has 0 heterocycles. The van der Waals surface area contributed by atoms with E-state index in [1.807, 2.05) is 6.92 Å². The van der Waals surface area contributed by atoms with Crippen LogP contribution < -0.4 is 5.32 Å². The molecule has 104 valence electrons. The van der Waals surface area contributed by atoms with E-state index in [0.717, 1.165) is 6.07 Å². The van der Waals surface area contributed by atoms with Crippen LogP contribution >= 0.6 is 15.9 Å². The Balaban J connectivity index is 2.87. The minimum absolute atomic E-state index is 0.144. The summed E-state index contributed by atoms with van der Waals surface area (Å²) in [5, 5.41) is 2.54. The van der Waals surface area contributed by atoms with Gasteiger partial charge in [0.1, 0.15) is 11.9 Å². The first-order valence-corrected chi connectivity index (χ1v) is 6.62. The molecule has 4 nitrogen and oxygen atoms in total. The van der Waals surface area contributed by atoms with Gasteiger partial charge in [-0.05, 0) is 40.5 Å². The molecule has 1 atom stereocenters. The monoisotopic (exact) mass is 331 g/mol. The summed E-state index contributed by atoms with van der Waals surface area (Å²) in [6, 6.07) is 3.07. The van der Waals surface area contributed by atoms with Gasteiger partial charge in [-0.1, -0.05) is 13.3 Å². The Morgan fingerprint density at radius 3 is 2.74 bits per heavy atom. The van der Waals surface area contributed by atoms with E-state index >= 15 is 0 Å². The summed E-state index contributed by atoms with van der Waals surface area (Å²) >= 11 is 3.17. The number of halogens is 2. The third-order valence-corrected chi connectivity index (χ3v) is 3.23. The number of carbonyl (C=O) groups excluding carboxylic acids is 2. The summed E-state index contributed by atoms with van der Waals surface area (Å²) < 4.78 is 18.2. The summed E-state index contributed by atoms with van der Waals surface area (Å²) in [5.41, 5.74) is 0.144. The van der Waals surface area contributed by atoms with Crippen molar-refractivity contribution in [2.75, 3.05) is 7.11 Å². The summed E-state index contributed by atoms with van der Waals surface area (Å²) in [5.74, 6) is -1.54. The summed E-state index contributed by atoms with van der Waals surface area (Å²) in [6.07, 6.45) is 1.18. The van der Waals surface area contributed by atoms with Crippen molar-refractivity contribution < 1.29 is 18.7 Å². The summed E-state index contributed by atoms with van der Waals surface area (Å²) in [7, 11) is 1.26. The standard InChI is InChI=1S/C13H15BrFNO3/c1-3-4-11(13(18)19-2)16-12(17)9-7-8(15)5-6-10(9)14/h5-7,11H,3-4H2,1-2H3,(H,16,17)/t11-/m1/s1. The van der Waals surface area contributed by atoms with Crippen LogP contribution in [0.5, 0.6) is 0 Å². The Labute approximate surface area is 119 Å². The molecule has 0 aliphatic heterocycles. The predicted octanol–water partition coefficient (Wildman–Crippen LogP) is 2.66. The van der Waals surface area contributed by atoms with E-state index in [2.05, 4.69) is 26.0 Å². The lowest BCUT2D eigenvalue weighted by molar-refractivity contribution is -0.143. The van der Waals surface area contributed by atoms with E-state index in [0.29, 0.717) is 17.3 Å². The van der Waals surface area contributed by atoms with Crippen LogP contribution in [-0.4, -0.2) is 25.0 Å². The molecule has 1 aromatic carbocycles. The van der Waals surface area contributed by atoms with Crippen molar-refractivity contribution in [3.63, 3.8) is 0 Å². The molecule has 0 aliphatic carbocycles. The average molecular weight is 332 g/mol. The number of carbonyl (C=O) groups is 2. The highest BCUT2D eigenvalue weighted by Crippen LogP contribution is 2.18. The fraction of sp³-hybridized carbons (Fsp3) is 0.385. The molecular formula is C13H15BrFNO3. The molecule has 0 radical (unpaired) electrons. The molecule has 6 heteroatoms. The second-order valence-corrected chi connectivity index (χ2v) is 4.82. The molecule has 1 rings (SSSR count). The van der Waals surface area contributed by atoms with Crippen molar-refractivity contribution >= 4 is 27.8 Å². The average Bonchev–Trinajstić information content (AvgIpc) is 2.40. The Bertz CT molecular complexity index is 479. The van der Waals surface area contributed by atoms with Gasteiger partial charge in [-0.25, -0.2) is 9.18 Å². The maximum absolute atomic E-state index is 13.1. The summed E-state index contributed by atoms with van der Waals surface area (Å²) in [4.78, 5) is 23.5. The van der Waals surface area contributed by atoms with Crippen LogP contribution in [0, 0.1) is 5.82 Å². The normalized spacial score (nSPS) is 11.8. The molecule has 0 saturated carbocycles. The van der Waals surface area contributed by atoms with E-state index in [9.17, 15) is 14.0 Å². The molecule has 1 amide bonds. The quantitative estimate of drug-likeness (QED) is 0.844. The van der Waals surface area contributed by atoms with Gasteiger partial charge in [0, 0.05) is 4.47 Å². The first-order valence-electron chi connectivity index (χ1n) is 5.83. The van der Waals surface area contributed by atoms with Crippen molar-refractivity contribution in [1.29, 1.82) is 0 Å². The number of hydrogen-bond donors (Lipinski definition) is 1. The number of methoxy groups -OCH3 is 1. The molecule has 1 aromatic rings. The number of esters is 1. The zero-order chi connectivity index (χ0) is 14.4. The molecule has 0 aliphatic rings. The maximum atomic E-state index is 13.1. The van der Waals surface area contributed by atoms with Crippen LogP contribution in [0.4, 0.5) is 4.39 Å². The van der Waals surface area contributed by atoms with Crippen LogP contribution in [0.2, 0.25) is 0 Å². The Morgan fingerprint density at radius 2 is 2.16 bits per heavy atom. The van der Waals surface area contributed by atoms with Gasteiger partial charge in [-0.2, -0.15) is 0 Å². The van der Waals surface area contributed by atoms with E-state index in [4.69, 9.17) is 0 Å². The molecule has 0 spiro atoms. The Morgan fingerprint density at radius 1 is 1.47 bits per heavy atom. The Kier molecular flexibility index (Phi) is 5.95. The lowest BCUT2D eigenvalue weighted by Crippen LogP contribution is -2.41. The van der Waals surface area contributed by atoms with Crippen molar-refractivity contribution in [2.45, 2.75) is 25.8 Å². The number of nitrogens with one attached hydrogen (secondary N) is 1. The molecule has 0 unspecified atom stereocenters. The molecule has 0 aromatic heterocycles. The molecule has 0 saturated heterocycles. The van der Waals surface area contributed by atoms with E-state index in [1.165, 1.54) is 19.2 Å². The molecule has 1 N–H and O–H groups in total. The van der Waals surface area contributed by atoms with Gasteiger partial charge in [0.25, 0.3) is 5.91 Å². The second-order valence-electron chi connectivity index (χ2n) is 3.96. The number of rotatable bonds is 5. The van der Waals surface area contributed by atoms with Gasteiger partial charge in [-0.3, -0.25) is 4.79 Å². The lowest BCUT2D eigenvalue weighted by atomic mass is 10.1. The van der Waals surface area contributed by atoms with Crippen molar-refractivity contribution in [1.82, 2.24) is 5.32 Å². The fourth-order valence-corrected chi connectivity index (χ4v) is 2.01. The second kappa shape index (κ2) is 7.23. The van der Waals surface area contributed by atoms with Gasteiger partial charge in [-0.15, -0.1) is 0 Å². The fourth-order valence-electron chi connectivity index (χ4n) is 1.59. The maximum Gasteiger partial charge on any atom is 0.328 e. The first kappa shape index (κ1) is 15.6. The van der Waals surface area contributed by atoms with Gasteiger partial charge in [0.2, 0.25) is 0 Å². The summed E-state index contributed by atoms with van der Waals surface area (Å²) in [6.45, 7) is 1.89. The zero-order valence-corrected chi connectivity index (χ0v) is 12.3. The predicted molar refractivity (Wildman–Crippen MR) is 72.3 cm³/mol. The Hall–Kier alpha value is -1.43. The molecular weight excluding hydrogens is 317 g/mol. The highest BCUT2D eigenvalue weighted by atomic mass is 79.9. The van der Waals surface area contributed by atoms with Crippen molar-refractivity contribution in [2.24, 2.45) is 0 Å². The van der Waals surface area contributed by atoms with Gasteiger partial charge >= 0.3 is 5.97 Å². The van der Waals surface area contributed by atoms with Crippen molar-refractivity contribution in [3.8, 4) is 0 Å². The van der Waals surface area contributed by atoms with Gasteiger partial charge < -0.3 is 10.1 Å². The smallest absolute Gasteiger partial charge is 0.328 e. The van der Waals surface area contributed by atoms with E-state index < -0.39 is 23.7 Å². The van der Waals surface area contributed by atoms with Crippen LogP contribution in [0.25, 0.3) is 0 Å². The zero-order valence-electron chi connectivity index (χ0n) is 10.7. The largest absolute Gasteiger partial charge is 0.467 e. The van der Waals surface area contributed by atoms with E-state index in [-0.39, 0.29) is 5.56 Å². The first-order chi connectivity index (χ1) is 8.99. The molecule has 19 heavy (non-hydrogen) atoms. The van der Waals surface area contributed by atoms with E-state index in [1.54, 1.807) is 0 Å². The lowest BCUT2D eigenvalue weighted by Gasteiger charge is -2.16. The number of benzene rings is 1. The highest BCUT2D eigenvalue weighted by molar-refractivity contribution is 9.10. The number of ether oxygens (including phenoxy) is 1. The minimum Gasteiger partial charge on any atom is -0.467 e. The number of hydrogen-bond acceptors (Lipinski definition) is 3. The van der Waals surface area contributed by atoms with Crippen LogP contribution in [0.3, 0.4) is 0 Å². The van der Waals surface area contributed by atoms with Crippen molar-refractivity contribution in [3.05, 3.63) is 34.1 Å². The molecule has 0 fully saturated rings. The van der Waals surface area contributed by atoms with Gasteiger partial charge in [0.05, 0.1) is 12.7 Å². The van der Waals surface area contributed by atoms with Crippen LogP contribution in [0.1, 0.15) is 30.1 Å². The number of amides is 1. The molecule has 0 bridgehead atoms. The van der Waals surface area contributed by atoms with Gasteiger partial charge in [0.15, 0.2) is 0 Å². The van der Waals surface area contributed by atoms with Crippen LogP contribution in [0.15, 0.2) is 22.7 Å². The highest BCUT2D eigenvalue weighted by Gasteiger charge is 2.22. The minimum atomic E-state index is -0.724. The third kappa shape index (κ3) is 4.31. The third-order valence-electron chi connectivity index (χ3n) is 2.54.